The van der Waals surface area contributed by atoms with E-state index in [4.69, 9.17) is 4.74 Å². The zero-order valence-corrected chi connectivity index (χ0v) is 18.8. The highest BCUT2D eigenvalue weighted by atomic mass is 32.2. The molecule has 10 heteroatoms. The van der Waals surface area contributed by atoms with Gasteiger partial charge in [0.05, 0.1) is 21.8 Å². The van der Waals surface area contributed by atoms with Crippen LogP contribution in [0, 0.1) is 0 Å². The summed E-state index contributed by atoms with van der Waals surface area (Å²) in [6, 6.07) is 12.5. The summed E-state index contributed by atoms with van der Waals surface area (Å²) < 4.78 is 32.6. The number of carbonyl (C=O) groups excluding carboxylic acids is 3. The Balaban J connectivity index is 1.44. The fraction of sp³-hybridized carbons (Fsp3) is 0.348. The Bertz CT molecular complexity index is 1170. The van der Waals surface area contributed by atoms with E-state index in [9.17, 15) is 22.8 Å². The molecule has 174 valence electrons. The van der Waals surface area contributed by atoms with E-state index in [1.165, 1.54) is 33.5 Å². The van der Waals surface area contributed by atoms with Gasteiger partial charge in [-0.2, -0.15) is 4.31 Å². The SMILES string of the molecule is O=C1CN(C(=O)COC(=O)c2cccc(S(=O)(=O)N3CCCCCC3)c2)c2ccccc2N1. The molecule has 0 radical (unpaired) electrons. The van der Waals surface area contributed by atoms with Crippen molar-refractivity contribution in [3.8, 4) is 0 Å². The van der Waals surface area contributed by atoms with Gasteiger partial charge >= 0.3 is 5.97 Å². The Hall–Kier alpha value is -3.24. The molecule has 0 aromatic heterocycles. The largest absolute Gasteiger partial charge is 0.452 e. The van der Waals surface area contributed by atoms with Crippen molar-refractivity contribution >= 4 is 39.2 Å². The van der Waals surface area contributed by atoms with Crippen LogP contribution in [0.2, 0.25) is 0 Å². The summed E-state index contributed by atoms with van der Waals surface area (Å²) in [4.78, 5) is 38.4. The van der Waals surface area contributed by atoms with E-state index in [0.717, 1.165) is 25.7 Å². The molecule has 2 aliphatic rings. The van der Waals surface area contributed by atoms with Crippen molar-refractivity contribution in [3.63, 3.8) is 0 Å². The zero-order valence-electron chi connectivity index (χ0n) is 18.0. The molecule has 2 amide bonds. The van der Waals surface area contributed by atoms with Gasteiger partial charge in [-0.05, 0) is 43.2 Å². The van der Waals surface area contributed by atoms with Crippen LogP contribution in [0.1, 0.15) is 36.0 Å². The van der Waals surface area contributed by atoms with Crippen molar-refractivity contribution in [2.75, 3.05) is 36.5 Å². The number of esters is 1. The number of sulfonamides is 1. The highest BCUT2D eigenvalue weighted by molar-refractivity contribution is 7.89. The first kappa shape index (κ1) is 22.9. The molecule has 9 nitrogen and oxygen atoms in total. The molecule has 1 N–H and O–H groups in total. The molecular weight excluding hydrogens is 446 g/mol. The molecule has 2 aliphatic heterocycles. The summed E-state index contributed by atoms with van der Waals surface area (Å²) in [5, 5.41) is 2.69. The lowest BCUT2D eigenvalue weighted by atomic mass is 10.2. The number of anilines is 2. The minimum absolute atomic E-state index is 0.0202. The van der Waals surface area contributed by atoms with Crippen molar-refractivity contribution in [1.29, 1.82) is 0 Å². The van der Waals surface area contributed by atoms with Crippen molar-refractivity contribution < 1.29 is 27.5 Å². The first-order chi connectivity index (χ1) is 15.9. The fourth-order valence-electron chi connectivity index (χ4n) is 3.96. The third-order valence-electron chi connectivity index (χ3n) is 5.67. The average molecular weight is 472 g/mol. The second-order valence-corrected chi connectivity index (χ2v) is 9.91. The Kier molecular flexibility index (Phi) is 6.75. The number of hydrogen-bond donors (Lipinski definition) is 1. The van der Waals surface area contributed by atoms with E-state index in [2.05, 4.69) is 5.32 Å². The molecular formula is C23H25N3O6S. The minimum atomic E-state index is -3.72. The van der Waals surface area contributed by atoms with Crippen molar-refractivity contribution in [1.82, 2.24) is 4.31 Å². The number of ether oxygens (including phenoxy) is 1. The molecule has 1 saturated heterocycles. The van der Waals surface area contributed by atoms with Crippen LogP contribution in [0.4, 0.5) is 11.4 Å². The van der Waals surface area contributed by atoms with Crippen LogP contribution < -0.4 is 10.2 Å². The van der Waals surface area contributed by atoms with Gasteiger partial charge in [-0.1, -0.05) is 31.0 Å². The van der Waals surface area contributed by atoms with Gasteiger partial charge in [-0.25, -0.2) is 13.2 Å². The van der Waals surface area contributed by atoms with Crippen LogP contribution in [-0.4, -0.2) is 56.7 Å². The first-order valence-corrected chi connectivity index (χ1v) is 12.3. The number of nitrogens with one attached hydrogen (secondary N) is 1. The standard InChI is InChI=1S/C23H25N3O6S/c27-21-15-26(20-11-4-3-10-19(20)24-21)22(28)16-32-23(29)17-8-7-9-18(14-17)33(30,31)25-12-5-1-2-6-13-25/h3-4,7-11,14H,1-2,5-6,12-13,15-16H2,(H,24,27). The van der Waals surface area contributed by atoms with Crippen LogP contribution in [0.25, 0.3) is 0 Å². The molecule has 0 spiro atoms. The van der Waals surface area contributed by atoms with Crippen LogP contribution in [0.15, 0.2) is 53.4 Å². The molecule has 2 aromatic rings. The topological polar surface area (TPSA) is 113 Å². The third-order valence-corrected chi connectivity index (χ3v) is 7.57. The van der Waals surface area contributed by atoms with Crippen LogP contribution in [0.5, 0.6) is 0 Å². The summed E-state index contributed by atoms with van der Waals surface area (Å²) in [5.74, 6) is -1.72. The average Bonchev–Trinajstić information content (AvgIpc) is 3.12. The van der Waals surface area contributed by atoms with Crippen LogP contribution in [-0.2, 0) is 24.3 Å². The van der Waals surface area contributed by atoms with Gasteiger partial charge in [0.2, 0.25) is 15.9 Å². The predicted octanol–water partition coefficient (Wildman–Crippen LogP) is 2.39. The lowest BCUT2D eigenvalue weighted by Crippen LogP contribution is -2.44. The quantitative estimate of drug-likeness (QED) is 0.670. The summed E-state index contributed by atoms with van der Waals surface area (Å²) in [7, 11) is -3.72. The zero-order chi connectivity index (χ0) is 23.4. The highest BCUT2D eigenvalue weighted by Gasteiger charge is 2.28. The van der Waals surface area contributed by atoms with Crippen molar-refractivity contribution in [3.05, 3.63) is 54.1 Å². The van der Waals surface area contributed by atoms with Gasteiger partial charge in [-0.3, -0.25) is 14.5 Å². The molecule has 2 heterocycles. The molecule has 4 rings (SSSR count). The number of carbonyl (C=O) groups is 3. The summed E-state index contributed by atoms with van der Waals surface area (Å²) in [5.41, 5.74) is 1.05. The Labute approximate surface area is 192 Å². The maximum atomic E-state index is 13.0. The normalized spacial score (nSPS) is 17.0. The van der Waals surface area contributed by atoms with E-state index in [0.29, 0.717) is 24.5 Å². The smallest absolute Gasteiger partial charge is 0.338 e. The van der Waals surface area contributed by atoms with Crippen LogP contribution in [0.3, 0.4) is 0 Å². The number of fused-ring (bicyclic) bond motifs is 1. The van der Waals surface area contributed by atoms with E-state index in [1.807, 2.05) is 0 Å². The van der Waals surface area contributed by atoms with Gasteiger partial charge in [-0.15, -0.1) is 0 Å². The number of benzene rings is 2. The number of hydrogen-bond acceptors (Lipinski definition) is 6. The maximum absolute atomic E-state index is 13.0. The van der Waals surface area contributed by atoms with Gasteiger partial charge in [0.15, 0.2) is 6.61 Å². The molecule has 0 atom stereocenters. The molecule has 0 saturated carbocycles. The number of nitrogens with zero attached hydrogens (tertiary/aromatic N) is 2. The van der Waals surface area contributed by atoms with Gasteiger partial charge in [0.25, 0.3) is 5.91 Å². The molecule has 1 fully saturated rings. The summed E-state index contributed by atoms with van der Waals surface area (Å²) >= 11 is 0. The summed E-state index contributed by atoms with van der Waals surface area (Å²) in [6.07, 6.45) is 3.60. The fourth-order valence-corrected chi connectivity index (χ4v) is 5.52. The van der Waals surface area contributed by atoms with Crippen molar-refractivity contribution in [2.24, 2.45) is 0 Å². The van der Waals surface area contributed by atoms with Crippen LogP contribution >= 0.6 is 0 Å². The van der Waals surface area contributed by atoms with Gasteiger partial charge < -0.3 is 10.1 Å². The minimum Gasteiger partial charge on any atom is -0.452 e. The van der Waals surface area contributed by atoms with Crippen molar-refractivity contribution in [2.45, 2.75) is 30.6 Å². The number of amides is 2. The van der Waals surface area contributed by atoms with E-state index in [1.54, 1.807) is 24.3 Å². The molecule has 0 unspecified atom stereocenters. The van der Waals surface area contributed by atoms with Gasteiger partial charge in [0.1, 0.15) is 6.54 Å². The third kappa shape index (κ3) is 5.07. The second-order valence-electron chi connectivity index (χ2n) is 7.97. The second kappa shape index (κ2) is 9.72. The molecule has 0 bridgehead atoms. The molecule has 33 heavy (non-hydrogen) atoms. The Morgan fingerprint density at radius 3 is 2.45 bits per heavy atom. The molecule has 0 aliphatic carbocycles. The van der Waals surface area contributed by atoms with E-state index < -0.39 is 28.5 Å². The number of para-hydroxylation sites is 2. The van der Waals surface area contributed by atoms with E-state index >= 15 is 0 Å². The summed E-state index contributed by atoms with van der Waals surface area (Å²) in [6.45, 7) is 0.146. The Morgan fingerprint density at radius 2 is 1.70 bits per heavy atom. The van der Waals surface area contributed by atoms with E-state index in [-0.39, 0.29) is 22.9 Å². The Morgan fingerprint density at radius 1 is 0.970 bits per heavy atom. The predicted molar refractivity (Wildman–Crippen MR) is 121 cm³/mol. The molecule has 2 aromatic carbocycles. The maximum Gasteiger partial charge on any atom is 0.338 e. The monoisotopic (exact) mass is 471 g/mol. The van der Waals surface area contributed by atoms with Gasteiger partial charge in [0, 0.05) is 13.1 Å². The lowest BCUT2D eigenvalue weighted by Gasteiger charge is -2.28. The highest BCUT2D eigenvalue weighted by Crippen LogP contribution is 2.29. The lowest BCUT2D eigenvalue weighted by molar-refractivity contribution is -0.124. The first-order valence-electron chi connectivity index (χ1n) is 10.8. The number of rotatable bonds is 5.